The van der Waals surface area contributed by atoms with Gasteiger partial charge in [0.15, 0.2) is 6.61 Å². The summed E-state index contributed by atoms with van der Waals surface area (Å²) in [6, 6.07) is 12.3. The molecule has 0 aliphatic carbocycles. The molecule has 0 fully saturated rings. The van der Waals surface area contributed by atoms with Gasteiger partial charge in [-0.2, -0.15) is 4.68 Å². The monoisotopic (exact) mass is 405 g/mol. The second-order valence-electron chi connectivity index (χ2n) is 5.53. The van der Waals surface area contributed by atoms with E-state index in [4.69, 9.17) is 20.8 Å². The molecule has 0 aliphatic rings. The maximum absolute atomic E-state index is 13.1. The molecule has 3 rings (SSSR count). The highest BCUT2D eigenvalue weighted by Crippen LogP contribution is 2.19. The molecule has 8 nitrogen and oxygen atoms in total. The Morgan fingerprint density at radius 2 is 1.96 bits per heavy atom. The first-order valence-corrected chi connectivity index (χ1v) is 8.34. The number of hydrogen-bond donors (Lipinski definition) is 1. The first-order chi connectivity index (χ1) is 13.4. The highest BCUT2D eigenvalue weighted by atomic mass is 35.5. The fourth-order valence-electron chi connectivity index (χ4n) is 2.19. The molecule has 1 aromatic heterocycles. The van der Waals surface area contributed by atoms with Gasteiger partial charge in [0, 0.05) is 11.3 Å². The third kappa shape index (κ3) is 4.83. The van der Waals surface area contributed by atoms with Crippen molar-refractivity contribution in [2.45, 2.75) is 6.54 Å². The third-order valence-electron chi connectivity index (χ3n) is 3.47. The van der Waals surface area contributed by atoms with Gasteiger partial charge in [0.25, 0.3) is 5.91 Å². The number of hydrogen-bond acceptors (Lipinski definition) is 6. The lowest BCUT2D eigenvalue weighted by Gasteiger charge is -2.07. The number of halogens is 2. The predicted octanol–water partition coefficient (Wildman–Crippen LogP) is 2.48. The van der Waals surface area contributed by atoms with E-state index in [1.165, 1.54) is 12.1 Å². The van der Waals surface area contributed by atoms with Crippen molar-refractivity contribution in [2.24, 2.45) is 0 Å². The molecule has 0 bridgehead atoms. The van der Waals surface area contributed by atoms with Crippen LogP contribution in [0.3, 0.4) is 0 Å². The molecule has 0 atom stereocenters. The molecule has 144 valence electrons. The van der Waals surface area contributed by atoms with Crippen molar-refractivity contribution >= 4 is 29.2 Å². The minimum Gasteiger partial charge on any atom is -0.454 e. The molecule has 0 saturated heterocycles. The van der Waals surface area contributed by atoms with Crippen molar-refractivity contribution in [3.8, 4) is 11.5 Å². The summed E-state index contributed by atoms with van der Waals surface area (Å²) in [5.74, 6) is -2.92. The molecule has 2 aromatic carbocycles. The van der Waals surface area contributed by atoms with Crippen LogP contribution < -0.4 is 11.1 Å². The lowest BCUT2D eigenvalue weighted by Crippen LogP contribution is -2.26. The lowest BCUT2D eigenvalue weighted by atomic mass is 10.2. The van der Waals surface area contributed by atoms with E-state index in [9.17, 15) is 18.8 Å². The van der Waals surface area contributed by atoms with Crippen molar-refractivity contribution in [3.05, 3.63) is 69.9 Å². The van der Waals surface area contributed by atoms with Gasteiger partial charge in [-0.3, -0.25) is 9.59 Å². The van der Waals surface area contributed by atoms with Crippen LogP contribution in [0.5, 0.6) is 0 Å². The standard InChI is InChI=1S/C18H13ClFN3O5/c19-13-8-12(6-7-14(13)20)21-15(24)10-27-16(25)9-23-18(26)28-17(22-23)11-4-2-1-3-5-11/h1-8H,9-10H2,(H,21,24). The zero-order valence-electron chi connectivity index (χ0n) is 14.2. The Morgan fingerprint density at radius 3 is 2.68 bits per heavy atom. The highest BCUT2D eigenvalue weighted by molar-refractivity contribution is 6.31. The van der Waals surface area contributed by atoms with Gasteiger partial charge in [0.2, 0.25) is 5.89 Å². The topological polar surface area (TPSA) is 103 Å². The lowest BCUT2D eigenvalue weighted by molar-refractivity contribution is -0.148. The van der Waals surface area contributed by atoms with Gasteiger partial charge in [-0.1, -0.05) is 29.8 Å². The molecule has 0 spiro atoms. The number of anilines is 1. The molecule has 0 aliphatic heterocycles. The van der Waals surface area contributed by atoms with Crippen molar-refractivity contribution in [3.63, 3.8) is 0 Å². The first kappa shape index (κ1) is 19.3. The first-order valence-electron chi connectivity index (χ1n) is 7.96. The molecule has 3 aromatic rings. The van der Waals surface area contributed by atoms with Crippen LogP contribution in [0, 0.1) is 5.82 Å². The summed E-state index contributed by atoms with van der Waals surface area (Å²) in [6.07, 6.45) is 0. The van der Waals surface area contributed by atoms with Gasteiger partial charge >= 0.3 is 11.7 Å². The number of amides is 1. The van der Waals surface area contributed by atoms with Gasteiger partial charge in [0.1, 0.15) is 12.4 Å². The number of esters is 1. The summed E-state index contributed by atoms with van der Waals surface area (Å²) in [6.45, 7) is -1.13. The van der Waals surface area contributed by atoms with E-state index in [0.717, 1.165) is 10.7 Å². The molecule has 1 amide bonds. The number of carbonyl (C=O) groups is 2. The van der Waals surface area contributed by atoms with E-state index in [1.54, 1.807) is 30.3 Å². The number of nitrogens with zero attached hydrogens (tertiary/aromatic N) is 2. The SMILES string of the molecule is O=C(COC(=O)Cn1nc(-c2ccccc2)oc1=O)Nc1ccc(F)c(Cl)c1. The van der Waals surface area contributed by atoms with E-state index in [1.807, 2.05) is 0 Å². The Labute approximate surface area is 162 Å². The van der Waals surface area contributed by atoms with E-state index >= 15 is 0 Å². The van der Waals surface area contributed by atoms with Crippen LogP contribution in [0.25, 0.3) is 11.5 Å². The van der Waals surface area contributed by atoms with Crippen LogP contribution >= 0.6 is 11.6 Å². The Kier molecular flexibility index (Phi) is 5.85. The quantitative estimate of drug-likeness (QED) is 0.632. The summed E-state index contributed by atoms with van der Waals surface area (Å²) in [5, 5.41) is 6.16. The van der Waals surface area contributed by atoms with Crippen molar-refractivity contribution in [1.82, 2.24) is 9.78 Å². The average molecular weight is 406 g/mol. The minimum absolute atomic E-state index is 0.0596. The molecular weight excluding hydrogens is 393 g/mol. The van der Waals surface area contributed by atoms with E-state index in [2.05, 4.69) is 10.4 Å². The van der Waals surface area contributed by atoms with Gasteiger partial charge in [-0.05, 0) is 30.3 Å². The molecule has 0 saturated carbocycles. The fraction of sp³-hybridized carbons (Fsp3) is 0.111. The van der Waals surface area contributed by atoms with Crippen molar-refractivity contribution in [1.29, 1.82) is 0 Å². The Morgan fingerprint density at radius 1 is 1.21 bits per heavy atom. The molecule has 28 heavy (non-hydrogen) atoms. The largest absolute Gasteiger partial charge is 0.454 e. The molecule has 1 heterocycles. The summed E-state index contributed by atoms with van der Waals surface area (Å²) in [4.78, 5) is 35.4. The number of rotatable bonds is 6. The maximum atomic E-state index is 13.1. The van der Waals surface area contributed by atoms with Crippen LogP contribution in [0.2, 0.25) is 5.02 Å². The second kappa shape index (κ2) is 8.49. The van der Waals surface area contributed by atoms with Crippen LogP contribution in [0.1, 0.15) is 0 Å². The molecule has 0 unspecified atom stereocenters. The van der Waals surface area contributed by atoms with Crippen LogP contribution in [0.15, 0.2) is 57.7 Å². The zero-order chi connectivity index (χ0) is 20.1. The second-order valence-corrected chi connectivity index (χ2v) is 5.94. The number of benzene rings is 2. The fourth-order valence-corrected chi connectivity index (χ4v) is 2.37. The Hall–Kier alpha value is -3.46. The van der Waals surface area contributed by atoms with Gasteiger partial charge < -0.3 is 14.5 Å². The zero-order valence-corrected chi connectivity index (χ0v) is 15.0. The number of carbonyl (C=O) groups excluding carboxylic acids is 2. The number of ether oxygens (including phenoxy) is 1. The summed E-state index contributed by atoms with van der Waals surface area (Å²) >= 11 is 5.62. The molecule has 10 heteroatoms. The predicted molar refractivity (Wildman–Crippen MR) is 97.2 cm³/mol. The number of aromatic nitrogens is 2. The average Bonchev–Trinajstić information content (AvgIpc) is 3.04. The molecule has 1 N–H and O–H groups in total. The van der Waals surface area contributed by atoms with E-state index in [0.29, 0.717) is 5.56 Å². The van der Waals surface area contributed by atoms with E-state index < -0.39 is 36.6 Å². The third-order valence-corrected chi connectivity index (χ3v) is 3.76. The van der Waals surface area contributed by atoms with E-state index in [-0.39, 0.29) is 16.6 Å². The Balaban J connectivity index is 1.54. The molecular formula is C18H13ClFN3O5. The minimum atomic E-state index is -0.859. The summed E-state index contributed by atoms with van der Waals surface area (Å²) in [7, 11) is 0. The van der Waals surface area contributed by atoms with Crippen molar-refractivity contribution in [2.75, 3.05) is 11.9 Å². The van der Waals surface area contributed by atoms with Gasteiger partial charge in [0.05, 0.1) is 5.02 Å². The molecule has 0 radical (unpaired) electrons. The summed E-state index contributed by atoms with van der Waals surface area (Å²) < 4.78 is 23.7. The van der Waals surface area contributed by atoms with Crippen LogP contribution in [0.4, 0.5) is 10.1 Å². The normalized spacial score (nSPS) is 10.5. The van der Waals surface area contributed by atoms with Crippen LogP contribution in [-0.2, 0) is 20.9 Å². The van der Waals surface area contributed by atoms with Gasteiger partial charge in [-0.15, -0.1) is 5.10 Å². The van der Waals surface area contributed by atoms with Crippen LogP contribution in [-0.4, -0.2) is 28.3 Å². The summed E-state index contributed by atoms with van der Waals surface area (Å²) in [5.41, 5.74) is 0.816. The Bertz CT molecular complexity index is 1060. The smallest absolute Gasteiger partial charge is 0.437 e. The van der Waals surface area contributed by atoms with Gasteiger partial charge in [-0.25, -0.2) is 9.18 Å². The maximum Gasteiger partial charge on any atom is 0.437 e. The highest BCUT2D eigenvalue weighted by Gasteiger charge is 2.15. The van der Waals surface area contributed by atoms with Crippen molar-refractivity contribution < 1.29 is 23.1 Å². The number of nitrogens with one attached hydrogen (secondary N) is 1.